The van der Waals surface area contributed by atoms with E-state index in [2.05, 4.69) is 13.8 Å². The number of hydrogen-bond donors (Lipinski definition) is 2. The monoisotopic (exact) mass is 392 g/mol. The number of rotatable bonds is 2. The average Bonchev–Trinajstić information content (AvgIpc) is 2.87. The molecule has 0 spiro atoms. The summed E-state index contributed by atoms with van der Waals surface area (Å²) in [5.74, 6) is 0.897. The van der Waals surface area contributed by atoms with Gasteiger partial charge in [0.05, 0.1) is 6.10 Å². The minimum Gasteiger partial charge on any atom is -0.462 e. The fourth-order valence-corrected chi connectivity index (χ4v) is 8.23. The molecule has 0 aromatic carbocycles. The third-order valence-electron chi connectivity index (χ3n) is 9.60. The Morgan fingerprint density at radius 3 is 2.39 bits per heavy atom. The first-order chi connectivity index (χ1) is 13.0. The highest BCUT2D eigenvalue weighted by molar-refractivity contribution is 5.86. The summed E-state index contributed by atoms with van der Waals surface area (Å²) >= 11 is 0. The summed E-state index contributed by atoms with van der Waals surface area (Å²) in [6, 6.07) is 0. The summed E-state index contributed by atoms with van der Waals surface area (Å²) in [6.07, 6.45) is 6.16. The Morgan fingerprint density at radius 2 is 1.75 bits per heavy atom. The zero-order valence-electron chi connectivity index (χ0n) is 17.7. The van der Waals surface area contributed by atoms with Crippen LogP contribution in [-0.4, -0.2) is 39.8 Å². The lowest BCUT2D eigenvalue weighted by Crippen LogP contribution is -2.63. The van der Waals surface area contributed by atoms with Crippen LogP contribution in [0.4, 0.5) is 0 Å². The lowest BCUT2D eigenvalue weighted by molar-refractivity contribution is -0.212. The van der Waals surface area contributed by atoms with E-state index >= 15 is 0 Å². The number of esters is 1. The zero-order valence-corrected chi connectivity index (χ0v) is 17.7. The number of carbonyl (C=O) groups excluding carboxylic acids is 2. The minimum absolute atomic E-state index is 0.0422. The SMILES string of the molecule is CC(=O)O[C@@H]1C[C@]2(C)[C@H](CC[C@]2(O)C(C)=O)[C@@H]2CC[C@@H]3C[C@H](O)CC[C@@]3(C)[C@@H]21. The summed E-state index contributed by atoms with van der Waals surface area (Å²) in [5, 5.41) is 21.6. The minimum atomic E-state index is -1.32. The molecule has 5 heteroatoms. The summed E-state index contributed by atoms with van der Waals surface area (Å²) < 4.78 is 5.92. The highest BCUT2D eigenvalue weighted by atomic mass is 16.5. The summed E-state index contributed by atoms with van der Waals surface area (Å²) in [5.41, 5.74) is -1.82. The van der Waals surface area contributed by atoms with Crippen molar-refractivity contribution in [3.63, 3.8) is 0 Å². The molecule has 0 radical (unpaired) electrons. The van der Waals surface area contributed by atoms with Gasteiger partial charge in [-0.2, -0.15) is 0 Å². The van der Waals surface area contributed by atoms with Crippen molar-refractivity contribution in [2.75, 3.05) is 0 Å². The lowest BCUT2D eigenvalue weighted by atomic mass is 9.43. The van der Waals surface area contributed by atoms with E-state index in [0.29, 0.717) is 24.7 Å². The van der Waals surface area contributed by atoms with Gasteiger partial charge < -0.3 is 14.9 Å². The van der Waals surface area contributed by atoms with Gasteiger partial charge in [-0.1, -0.05) is 13.8 Å². The zero-order chi connectivity index (χ0) is 20.5. The second-order valence-corrected chi connectivity index (χ2v) is 10.7. The van der Waals surface area contributed by atoms with Crippen LogP contribution in [0.2, 0.25) is 0 Å². The van der Waals surface area contributed by atoms with E-state index in [1.54, 1.807) is 0 Å². The first-order valence-electron chi connectivity index (χ1n) is 11.1. The van der Waals surface area contributed by atoms with Gasteiger partial charge in [0.1, 0.15) is 11.7 Å². The standard InChI is InChI=1S/C23H36O5/c1-13(24)23(27)10-8-18-17-6-5-15-11-16(26)7-9-21(15,3)20(17)19(28-14(2)25)12-22(18,23)4/h15-20,26-27H,5-12H2,1-4H3/t15-,16-,17+,18-,19-,20+,21-,22-,23+/m1/s1. The van der Waals surface area contributed by atoms with Gasteiger partial charge in [-0.05, 0) is 81.5 Å². The lowest BCUT2D eigenvalue weighted by Gasteiger charge is -2.63. The molecule has 0 saturated heterocycles. The number of hydrogen-bond acceptors (Lipinski definition) is 5. The molecule has 4 fully saturated rings. The fraction of sp³-hybridized carbons (Fsp3) is 0.913. The van der Waals surface area contributed by atoms with Crippen molar-refractivity contribution in [1.82, 2.24) is 0 Å². The summed E-state index contributed by atoms with van der Waals surface area (Å²) in [6.45, 7) is 7.35. The fourth-order valence-electron chi connectivity index (χ4n) is 8.23. The van der Waals surface area contributed by atoms with E-state index in [0.717, 1.165) is 38.5 Å². The van der Waals surface area contributed by atoms with E-state index in [4.69, 9.17) is 4.74 Å². The maximum Gasteiger partial charge on any atom is 0.302 e. The van der Waals surface area contributed by atoms with Gasteiger partial charge in [0.25, 0.3) is 0 Å². The molecular formula is C23H36O5. The Morgan fingerprint density at radius 1 is 1.04 bits per heavy atom. The predicted octanol–water partition coefficient (Wildman–Crippen LogP) is 3.25. The predicted molar refractivity (Wildman–Crippen MR) is 104 cm³/mol. The summed E-state index contributed by atoms with van der Waals surface area (Å²) in [7, 11) is 0. The molecule has 0 amide bonds. The molecule has 4 aliphatic rings. The van der Waals surface area contributed by atoms with Gasteiger partial charge in [0, 0.05) is 18.3 Å². The van der Waals surface area contributed by atoms with Crippen molar-refractivity contribution in [1.29, 1.82) is 0 Å². The van der Waals surface area contributed by atoms with Crippen molar-refractivity contribution in [2.24, 2.45) is 34.5 Å². The molecule has 4 saturated carbocycles. The smallest absolute Gasteiger partial charge is 0.302 e. The molecule has 0 aromatic rings. The number of fused-ring (bicyclic) bond motifs is 5. The maximum atomic E-state index is 12.5. The molecule has 9 atom stereocenters. The molecule has 28 heavy (non-hydrogen) atoms. The third-order valence-corrected chi connectivity index (χ3v) is 9.60. The topological polar surface area (TPSA) is 83.8 Å². The molecule has 2 N–H and O–H groups in total. The van der Waals surface area contributed by atoms with E-state index < -0.39 is 11.0 Å². The second-order valence-electron chi connectivity index (χ2n) is 10.7. The van der Waals surface area contributed by atoms with Gasteiger partial charge in [0.2, 0.25) is 0 Å². The number of aliphatic hydroxyl groups excluding tert-OH is 1. The molecule has 0 aliphatic heterocycles. The average molecular weight is 393 g/mol. The van der Waals surface area contributed by atoms with Gasteiger partial charge in [-0.15, -0.1) is 0 Å². The number of Topliss-reactive ketones (excluding diaryl/α,β-unsaturated/α-hetero) is 1. The Kier molecular flexibility index (Phi) is 4.74. The van der Waals surface area contributed by atoms with Crippen LogP contribution in [0.3, 0.4) is 0 Å². The van der Waals surface area contributed by atoms with Crippen LogP contribution in [0.5, 0.6) is 0 Å². The van der Waals surface area contributed by atoms with E-state index in [1.807, 2.05) is 0 Å². The van der Waals surface area contributed by atoms with Crippen LogP contribution in [-0.2, 0) is 14.3 Å². The van der Waals surface area contributed by atoms with Gasteiger partial charge in [0.15, 0.2) is 5.78 Å². The number of carbonyl (C=O) groups is 2. The van der Waals surface area contributed by atoms with Crippen LogP contribution in [0.15, 0.2) is 0 Å². The Balaban J connectivity index is 1.76. The Bertz CT molecular complexity index is 676. The van der Waals surface area contributed by atoms with E-state index in [-0.39, 0.29) is 41.2 Å². The van der Waals surface area contributed by atoms with Crippen molar-refractivity contribution in [3.8, 4) is 0 Å². The molecule has 158 valence electrons. The first-order valence-corrected chi connectivity index (χ1v) is 11.1. The Hall–Kier alpha value is -0.940. The highest BCUT2D eigenvalue weighted by Crippen LogP contribution is 2.68. The van der Waals surface area contributed by atoms with Gasteiger partial charge in [-0.3, -0.25) is 9.59 Å². The van der Waals surface area contributed by atoms with Crippen molar-refractivity contribution < 1.29 is 24.5 Å². The van der Waals surface area contributed by atoms with Crippen molar-refractivity contribution in [2.45, 2.75) is 96.9 Å². The first kappa shape index (κ1) is 20.3. The number of aliphatic hydroxyl groups is 2. The molecule has 5 nitrogen and oxygen atoms in total. The highest BCUT2D eigenvalue weighted by Gasteiger charge is 2.69. The van der Waals surface area contributed by atoms with E-state index in [1.165, 1.54) is 13.8 Å². The van der Waals surface area contributed by atoms with Crippen molar-refractivity contribution >= 4 is 11.8 Å². The maximum absolute atomic E-state index is 12.5. The van der Waals surface area contributed by atoms with Gasteiger partial charge in [-0.25, -0.2) is 0 Å². The van der Waals surface area contributed by atoms with Crippen LogP contribution >= 0.6 is 0 Å². The third kappa shape index (κ3) is 2.64. The largest absolute Gasteiger partial charge is 0.462 e. The van der Waals surface area contributed by atoms with Crippen LogP contribution in [0.1, 0.15) is 79.1 Å². The molecule has 0 bridgehead atoms. The number of ketones is 1. The molecule has 4 aliphatic carbocycles. The normalized spacial score (nSPS) is 52.9. The van der Waals surface area contributed by atoms with Crippen LogP contribution < -0.4 is 0 Å². The van der Waals surface area contributed by atoms with Crippen LogP contribution in [0, 0.1) is 34.5 Å². The van der Waals surface area contributed by atoms with Crippen molar-refractivity contribution in [3.05, 3.63) is 0 Å². The van der Waals surface area contributed by atoms with Crippen LogP contribution in [0.25, 0.3) is 0 Å². The molecule has 0 aromatic heterocycles. The molecule has 0 unspecified atom stereocenters. The van der Waals surface area contributed by atoms with Gasteiger partial charge >= 0.3 is 5.97 Å². The molecular weight excluding hydrogens is 356 g/mol. The van der Waals surface area contributed by atoms with E-state index in [9.17, 15) is 19.8 Å². The quantitative estimate of drug-likeness (QED) is 0.705. The molecule has 4 rings (SSSR count). The Labute approximate surface area is 168 Å². The summed E-state index contributed by atoms with van der Waals surface area (Å²) in [4.78, 5) is 24.5. The number of ether oxygens (including phenoxy) is 1. The second kappa shape index (κ2) is 6.53. The molecule has 0 heterocycles.